The minimum Gasteiger partial charge on any atom is -0.424 e. The van der Waals surface area contributed by atoms with Gasteiger partial charge in [0.15, 0.2) is 0 Å². The predicted molar refractivity (Wildman–Crippen MR) is 80.2 cm³/mol. The minimum atomic E-state index is 0.168. The molecule has 1 heterocycles. The molecule has 6 heteroatoms. The summed E-state index contributed by atoms with van der Waals surface area (Å²) >= 11 is 0. The third-order valence-corrected chi connectivity index (χ3v) is 2.75. The van der Waals surface area contributed by atoms with Crippen LogP contribution < -0.4 is 15.4 Å². The monoisotopic (exact) mass is 288 g/mol. The molecule has 0 bridgehead atoms. The van der Waals surface area contributed by atoms with Gasteiger partial charge in [0.2, 0.25) is 0 Å². The molecule has 0 amide bonds. The number of ether oxygens (including phenoxy) is 1. The average Bonchev–Trinajstić information content (AvgIpc) is 2.52. The van der Waals surface area contributed by atoms with Crippen LogP contribution in [0.25, 0.3) is 0 Å². The van der Waals surface area contributed by atoms with Gasteiger partial charge in [-0.15, -0.1) is 0 Å². The van der Waals surface area contributed by atoms with Gasteiger partial charge in [-0.05, 0) is 23.8 Å². The van der Waals surface area contributed by atoms with Gasteiger partial charge in [0.05, 0.1) is 6.61 Å². The van der Waals surface area contributed by atoms with Crippen molar-refractivity contribution in [1.29, 1.82) is 0 Å². The SMILES string of the molecule is OCCNCCNCc1cccc(Oc2ncccn2)c1. The summed E-state index contributed by atoms with van der Waals surface area (Å²) in [5.74, 6) is 0.721. The van der Waals surface area contributed by atoms with Crippen LogP contribution in [0.5, 0.6) is 11.8 Å². The molecule has 0 aliphatic rings. The third kappa shape index (κ3) is 5.86. The van der Waals surface area contributed by atoms with E-state index in [4.69, 9.17) is 9.84 Å². The van der Waals surface area contributed by atoms with E-state index >= 15 is 0 Å². The fourth-order valence-electron chi connectivity index (χ4n) is 1.78. The van der Waals surface area contributed by atoms with Crippen molar-refractivity contribution in [2.45, 2.75) is 6.54 Å². The van der Waals surface area contributed by atoms with E-state index in [1.54, 1.807) is 18.5 Å². The molecular formula is C15H20N4O2. The van der Waals surface area contributed by atoms with Crippen molar-refractivity contribution >= 4 is 0 Å². The predicted octanol–water partition coefficient (Wildman–Crippen LogP) is 0.940. The lowest BCUT2D eigenvalue weighted by Gasteiger charge is -2.08. The smallest absolute Gasteiger partial charge is 0.321 e. The molecule has 0 atom stereocenters. The Kier molecular flexibility index (Phi) is 6.60. The molecule has 0 saturated carbocycles. The maximum Gasteiger partial charge on any atom is 0.321 e. The number of nitrogens with zero attached hydrogens (tertiary/aromatic N) is 2. The van der Waals surface area contributed by atoms with Crippen LogP contribution >= 0.6 is 0 Å². The van der Waals surface area contributed by atoms with Gasteiger partial charge in [0.25, 0.3) is 0 Å². The Bertz CT molecular complexity index is 522. The summed E-state index contributed by atoms with van der Waals surface area (Å²) in [6.07, 6.45) is 3.29. The van der Waals surface area contributed by atoms with E-state index in [-0.39, 0.29) is 6.61 Å². The molecule has 1 aromatic heterocycles. The average molecular weight is 288 g/mol. The zero-order valence-corrected chi connectivity index (χ0v) is 11.8. The maximum absolute atomic E-state index is 8.65. The van der Waals surface area contributed by atoms with E-state index in [2.05, 4.69) is 20.6 Å². The Morgan fingerprint density at radius 2 is 1.81 bits per heavy atom. The number of aliphatic hydroxyl groups is 1. The van der Waals surface area contributed by atoms with Crippen molar-refractivity contribution in [3.8, 4) is 11.8 Å². The molecule has 2 aromatic rings. The zero-order chi connectivity index (χ0) is 14.8. The molecule has 0 spiro atoms. The molecule has 0 aliphatic heterocycles. The first-order valence-corrected chi connectivity index (χ1v) is 6.94. The molecule has 6 nitrogen and oxygen atoms in total. The quantitative estimate of drug-likeness (QED) is 0.596. The first-order chi connectivity index (χ1) is 10.4. The van der Waals surface area contributed by atoms with Crippen LogP contribution in [-0.2, 0) is 6.54 Å². The lowest BCUT2D eigenvalue weighted by atomic mass is 10.2. The maximum atomic E-state index is 8.65. The molecule has 0 aliphatic carbocycles. The van der Waals surface area contributed by atoms with Crippen LogP contribution in [0.4, 0.5) is 0 Å². The second kappa shape index (κ2) is 9.02. The Hall–Kier alpha value is -2.02. The molecule has 21 heavy (non-hydrogen) atoms. The number of hydrogen-bond donors (Lipinski definition) is 3. The highest BCUT2D eigenvalue weighted by Crippen LogP contribution is 2.18. The van der Waals surface area contributed by atoms with Crippen molar-refractivity contribution < 1.29 is 9.84 Å². The third-order valence-electron chi connectivity index (χ3n) is 2.75. The van der Waals surface area contributed by atoms with E-state index in [1.807, 2.05) is 24.3 Å². The topological polar surface area (TPSA) is 79.3 Å². The Morgan fingerprint density at radius 1 is 1.00 bits per heavy atom. The Balaban J connectivity index is 1.78. The van der Waals surface area contributed by atoms with Gasteiger partial charge < -0.3 is 20.5 Å². The van der Waals surface area contributed by atoms with E-state index in [0.717, 1.165) is 30.9 Å². The summed E-state index contributed by atoms with van der Waals surface area (Å²) in [4.78, 5) is 8.06. The van der Waals surface area contributed by atoms with E-state index in [9.17, 15) is 0 Å². The number of benzene rings is 1. The van der Waals surface area contributed by atoms with Gasteiger partial charge in [-0.25, -0.2) is 9.97 Å². The van der Waals surface area contributed by atoms with Gasteiger partial charge in [-0.1, -0.05) is 12.1 Å². The fourth-order valence-corrected chi connectivity index (χ4v) is 1.78. The fraction of sp³-hybridized carbons (Fsp3) is 0.333. The molecule has 3 N–H and O–H groups in total. The molecule has 0 saturated heterocycles. The molecule has 0 unspecified atom stereocenters. The van der Waals surface area contributed by atoms with Crippen molar-refractivity contribution in [1.82, 2.24) is 20.6 Å². The number of hydrogen-bond acceptors (Lipinski definition) is 6. The summed E-state index contributed by atoms with van der Waals surface area (Å²) in [6, 6.07) is 9.91. The van der Waals surface area contributed by atoms with Crippen LogP contribution in [0.3, 0.4) is 0 Å². The number of aliphatic hydroxyl groups excluding tert-OH is 1. The molecule has 112 valence electrons. The minimum absolute atomic E-state index is 0.168. The van der Waals surface area contributed by atoms with Crippen LogP contribution in [0.2, 0.25) is 0 Å². The largest absolute Gasteiger partial charge is 0.424 e. The second-order valence-electron chi connectivity index (χ2n) is 4.43. The van der Waals surface area contributed by atoms with E-state index < -0.39 is 0 Å². The highest BCUT2D eigenvalue weighted by atomic mass is 16.5. The molecule has 0 radical (unpaired) electrons. The summed E-state index contributed by atoms with van der Waals surface area (Å²) in [6.45, 7) is 3.22. The van der Waals surface area contributed by atoms with Crippen molar-refractivity contribution in [3.05, 3.63) is 48.3 Å². The first-order valence-electron chi connectivity index (χ1n) is 6.94. The van der Waals surface area contributed by atoms with Crippen LogP contribution in [-0.4, -0.2) is 41.3 Å². The van der Waals surface area contributed by atoms with Crippen LogP contribution in [0.1, 0.15) is 5.56 Å². The summed E-state index contributed by atoms with van der Waals surface area (Å²) in [7, 11) is 0. The van der Waals surface area contributed by atoms with Gasteiger partial charge in [0.1, 0.15) is 5.75 Å². The van der Waals surface area contributed by atoms with Gasteiger partial charge >= 0.3 is 6.01 Å². The first kappa shape index (κ1) is 15.4. The Morgan fingerprint density at radius 3 is 2.62 bits per heavy atom. The molecule has 1 aromatic carbocycles. The van der Waals surface area contributed by atoms with E-state index in [0.29, 0.717) is 12.6 Å². The van der Waals surface area contributed by atoms with E-state index in [1.165, 1.54) is 0 Å². The lowest BCUT2D eigenvalue weighted by molar-refractivity contribution is 0.292. The van der Waals surface area contributed by atoms with Gasteiger partial charge in [-0.2, -0.15) is 0 Å². The van der Waals surface area contributed by atoms with Gasteiger partial charge in [-0.3, -0.25) is 0 Å². The van der Waals surface area contributed by atoms with Crippen LogP contribution in [0, 0.1) is 0 Å². The number of nitrogens with one attached hydrogen (secondary N) is 2. The molecule has 0 fully saturated rings. The highest BCUT2D eigenvalue weighted by molar-refractivity contribution is 5.30. The summed E-state index contributed by atoms with van der Waals surface area (Å²) in [5, 5.41) is 15.1. The lowest BCUT2D eigenvalue weighted by Crippen LogP contribution is -2.28. The summed E-state index contributed by atoms with van der Waals surface area (Å²) in [5.41, 5.74) is 1.13. The number of aromatic nitrogens is 2. The number of rotatable bonds is 9. The summed E-state index contributed by atoms with van der Waals surface area (Å²) < 4.78 is 5.59. The standard InChI is InChI=1S/C15H20N4O2/c20-10-9-16-7-8-17-12-13-3-1-4-14(11-13)21-15-18-5-2-6-19-15/h1-6,11,16-17,20H,7-10,12H2. The Labute approximate surface area is 124 Å². The van der Waals surface area contributed by atoms with Crippen molar-refractivity contribution in [2.24, 2.45) is 0 Å². The molecule has 2 rings (SSSR count). The normalized spacial score (nSPS) is 10.5. The molecular weight excluding hydrogens is 268 g/mol. The van der Waals surface area contributed by atoms with Crippen molar-refractivity contribution in [3.63, 3.8) is 0 Å². The second-order valence-corrected chi connectivity index (χ2v) is 4.43. The highest BCUT2D eigenvalue weighted by Gasteiger charge is 2.00. The van der Waals surface area contributed by atoms with Crippen molar-refractivity contribution in [2.75, 3.05) is 26.2 Å². The van der Waals surface area contributed by atoms with Gasteiger partial charge in [0, 0.05) is 38.6 Å². The van der Waals surface area contributed by atoms with Crippen LogP contribution in [0.15, 0.2) is 42.7 Å². The zero-order valence-electron chi connectivity index (χ0n) is 11.8.